The lowest BCUT2D eigenvalue weighted by Crippen LogP contribution is -2.40. The molecule has 1 saturated heterocycles. The Balaban J connectivity index is 1.76. The predicted molar refractivity (Wildman–Crippen MR) is 83.4 cm³/mol. The van der Waals surface area contributed by atoms with Gasteiger partial charge in [0.05, 0.1) is 0 Å². The summed E-state index contributed by atoms with van der Waals surface area (Å²) in [7, 11) is 2.07. The van der Waals surface area contributed by atoms with Crippen LogP contribution in [-0.2, 0) is 6.42 Å². The molecule has 3 rings (SSSR count). The van der Waals surface area contributed by atoms with Crippen LogP contribution < -0.4 is 5.32 Å². The van der Waals surface area contributed by atoms with Gasteiger partial charge >= 0.3 is 0 Å². The van der Waals surface area contributed by atoms with Crippen molar-refractivity contribution < 1.29 is 0 Å². The molecule has 1 aromatic rings. The Morgan fingerprint density at radius 3 is 3.11 bits per heavy atom. The first-order valence-corrected chi connectivity index (χ1v) is 8.25. The molecule has 1 aliphatic carbocycles. The van der Waals surface area contributed by atoms with Gasteiger partial charge in [-0.3, -0.25) is 4.90 Å². The number of rotatable bonds is 3. The summed E-state index contributed by atoms with van der Waals surface area (Å²) in [6, 6.07) is 7.36. The lowest BCUT2D eigenvalue weighted by Gasteiger charge is -2.37. The maximum Gasteiger partial charge on any atom is 0.0354 e. The van der Waals surface area contributed by atoms with Crippen molar-refractivity contribution in [2.45, 2.75) is 31.7 Å². The standard InChI is InChI=1S/C16H23BrN2/c1-18-10-12-4-3-9-19(11-12)16-8-7-13-14(16)5-2-6-15(13)17/h2,5-6,12,16,18H,3-4,7-11H2,1H3. The molecule has 2 unspecified atom stereocenters. The molecule has 19 heavy (non-hydrogen) atoms. The van der Waals surface area contributed by atoms with Crippen molar-refractivity contribution in [2.75, 3.05) is 26.7 Å². The highest BCUT2D eigenvalue weighted by Crippen LogP contribution is 2.40. The molecule has 0 aromatic heterocycles. The molecule has 2 atom stereocenters. The van der Waals surface area contributed by atoms with Crippen LogP contribution in [0.1, 0.15) is 36.4 Å². The number of nitrogens with zero attached hydrogens (tertiary/aromatic N) is 1. The fourth-order valence-electron chi connectivity index (χ4n) is 3.80. The third-order valence-corrected chi connectivity index (χ3v) is 5.41. The summed E-state index contributed by atoms with van der Waals surface area (Å²) in [5.41, 5.74) is 3.11. The molecule has 0 radical (unpaired) electrons. The lowest BCUT2D eigenvalue weighted by molar-refractivity contribution is 0.122. The minimum Gasteiger partial charge on any atom is -0.319 e. The topological polar surface area (TPSA) is 15.3 Å². The van der Waals surface area contributed by atoms with E-state index < -0.39 is 0 Å². The minimum absolute atomic E-state index is 0.659. The molecular weight excluding hydrogens is 300 g/mol. The molecule has 1 heterocycles. The summed E-state index contributed by atoms with van der Waals surface area (Å²) < 4.78 is 1.30. The van der Waals surface area contributed by atoms with Crippen molar-refractivity contribution in [3.63, 3.8) is 0 Å². The van der Waals surface area contributed by atoms with E-state index in [1.54, 1.807) is 11.1 Å². The third kappa shape index (κ3) is 2.74. The molecule has 0 bridgehead atoms. The molecule has 0 amide bonds. The molecular formula is C16H23BrN2. The summed E-state index contributed by atoms with van der Waals surface area (Å²) in [4.78, 5) is 2.73. The highest BCUT2D eigenvalue weighted by Gasteiger charge is 2.31. The van der Waals surface area contributed by atoms with E-state index in [-0.39, 0.29) is 0 Å². The monoisotopic (exact) mass is 322 g/mol. The fourth-order valence-corrected chi connectivity index (χ4v) is 4.38. The van der Waals surface area contributed by atoms with E-state index in [1.807, 2.05) is 0 Å². The summed E-state index contributed by atoms with van der Waals surface area (Å²) in [5.74, 6) is 0.829. The van der Waals surface area contributed by atoms with Crippen LogP contribution in [0.3, 0.4) is 0 Å². The Labute approximate surface area is 124 Å². The van der Waals surface area contributed by atoms with Crippen molar-refractivity contribution in [3.05, 3.63) is 33.8 Å². The second-order valence-corrected chi connectivity index (χ2v) is 6.78. The maximum atomic E-state index is 3.71. The normalized spacial score (nSPS) is 27.5. The van der Waals surface area contributed by atoms with Crippen molar-refractivity contribution >= 4 is 15.9 Å². The number of benzene rings is 1. The molecule has 0 saturated carbocycles. The summed E-state index contributed by atoms with van der Waals surface area (Å²) in [6.07, 6.45) is 5.26. The number of likely N-dealkylation sites (tertiary alicyclic amines) is 1. The number of halogens is 1. The SMILES string of the molecule is CNCC1CCCN(C2CCc3c(Br)cccc32)C1. The Kier molecular flexibility index (Phi) is 4.25. The molecule has 2 nitrogen and oxygen atoms in total. The number of hydrogen-bond acceptors (Lipinski definition) is 2. The minimum atomic E-state index is 0.659. The molecule has 1 aromatic carbocycles. The predicted octanol–water partition coefficient (Wildman–Crippen LogP) is 3.37. The van der Waals surface area contributed by atoms with Gasteiger partial charge in [-0.2, -0.15) is 0 Å². The van der Waals surface area contributed by atoms with Crippen molar-refractivity contribution in [1.82, 2.24) is 10.2 Å². The van der Waals surface area contributed by atoms with Crippen molar-refractivity contribution in [1.29, 1.82) is 0 Å². The van der Waals surface area contributed by atoms with Crippen LogP contribution in [0.25, 0.3) is 0 Å². The van der Waals surface area contributed by atoms with E-state index in [0.29, 0.717) is 6.04 Å². The van der Waals surface area contributed by atoms with Gasteiger partial charge in [-0.05, 0) is 68.9 Å². The smallest absolute Gasteiger partial charge is 0.0354 e. The Morgan fingerprint density at radius 2 is 2.26 bits per heavy atom. The number of piperidine rings is 1. The van der Waals surface area contributed by atoms with Gasteiger partial charge in [-0.15, -0.1) is 0 Å². The summed E-state index contributed by atoms with van der Waals surface area (Å²) in [5, 5.41) is 3.34. The summed E-state index contributed by atoms with van der Waals surface area (Å²) in [6.45, 7) is 3.70. The van der Waals surface area contributed by atoms with E-state index in [1.165, 1.54) is 43.2 Å². The largest absolute Gasteiger partial charge is 0.319 e. The van der Waals surface area contributed by atoms with Gasteiger partial charge in [-0.1, -0.05) is 28.1 Å². The van der Waals surface area contributed by atoms with Gasteiger partial charge in [0.15, 0.2) is 0 Å². The van der Waals surface area contributed by atoms with Gasteiger partial charge in [0, 0.05) is 17.1 Å². The van der Waals surface area contributed by atoms with E-state index in [2.05, 4.69) is 51.4 Å². The Hall–Kier alpha value is -0.380. The first-order valence-electron chi connectivity index (χ1n) is 7.45. The Bertz CT molecular complexity index is 444. The summed E-state index contributed by atoms with van der Waals surface area (Å²) >= 11 is 3.71. The average Bonchev–Trinajstić information content (AvgIpc) is 2.85. The average molecular weight is 323 g/mol. The van der Waals surface area contributed by atoms with Crippen molar-refractivity contribution in [3.8, 4) is 0 Å². The highest BCUT2D eigenvalue weighted by atomic mass is 79.9. The fraction of sp³-hybridized carbons (Fsp3) is 0.625. The van der Waals surface area contributed by atoms with E-state index in [4.69, 9.17) is 0 Å². The number of hydrogen-bond donors (Lipinski definition) is 1. The van der Waals surface area contributed by atoms with Gasteiger partial charge in [-0.25, -0.2) is 0 Å². The Morgan fingerprint density at radius 1 is 1.37 bits per heavy atom. The van der Waals surface area contributed by atoms with Gasteiger partial charge in [0.1, 0.15) is 0 Å². The van der Waals surface area contributed by atoms with Crippen molar-refractivity contribution in [2.24, 2.45) is 5.92 Å². The maximum absolute atomic E-state index is 3.71. The van der Waals surface area contributed by atoms with Crippen LogP contribution in [0.5, 0.6) is 0 Å². The number of nitrogens with one attached hydrogen (secondary N) is 1. The first kappa shape index (κ1) is 13.6. The number of fused-ring (bicyclic) bond motifs is 1. The van der Waals surface area contributed by atoms with Crippen LogP contribution in [0, 0.1) is 5.92 Å². The zero-order chi connectivity index (χ0) is 13.2. The van der Waals surface area contributed by atoms with Crippen LogP contribution in [0.4, 0.5) is 0 Å². The third-order valence-electron chi connectivity index (χ3n) is 4.67. The first-order chi connectivity index (χ1) is 9.29. The second-order valence-electron chi connectivity index (χ2n) is 5.92. The van der Waals surface area contributed by atoms with Crippen LogP contribution in [0.15, 0.2) is 22.7 Å². The molecule has 2 aliphatic rings. The molecule has 3 heteroatoms. The van der Waals surface area contributed by atoms with Crippen LogP contribution in [-0.4, -0.2) is 31.6 Å². The molecule has 1 N–H and O–H groups in total. The van der Waals surface area contributed by atoms with Crippen LogP contribution in [0.2, 0.25) is 0 Å². The molecule has 1 aliphatic heterocycles. The molecule has 1 fully saturated rings. The van der Waals surface area contributed by atoms with E-state index in [9.17, 15) is 0 Å². The molecule has 0 spiro atoms. The zero-order valence-electron chi connectivity index (χ0n) is 11.7. The highest BCUT2D eigenvalue weighted by molar-refractivity contribution is 9.10. The molecule has 104 valence electrons. The zero-order valence-corrected chi connectivity index (χ0v) is 13.2. The second kappa shape index (κ2) is 5.94. The van der Waals surface area contributed by atoms with Gasteiger partial charge in [0.25, 0.3) is 0 Å². The van der Waals surface area contributed by atoms with E-state index in [0.717, 1.165) is 12.5 Å². The quantitative estimate of drug-likeness (QED) is 0.917. The van der Waals surface area contributed by atoms with Crippen LogP contribution >= 0.6 is 15.9 Å². The lowest BCUT2D eigenvalue weighted by atomic mass is 9.95. The van der Waals surface area contributed by atoms with E-state index >= 15 is 0 Å². The van der Waals surface area contributed by atoms with Gasteiger partial charge in [0.2, 0.25) is 0 Å². The van der Waals surface area contributed by atoms with Gasteiger partial charge < -0.3 is 5.32 Å².